The fraction of sp³-hybridized carbons (Fsp3) is 0.778. The molecule has 2 amide bonds. The largest absolute Gasteiger partial charge is 0.352 e. The summed E-state index contributed by atoms with van der Waals surface area (Å²) in [6.07, 6.45) is 0.807. The van der Waals surface area contributed by atoms with Crippen molar-refractivity contribution in [3.8, 4) is 0 Å². The molecule has 0 spiro atoms. The molecule has 2 atom stereocenters. The van der Waals surface area contributed by atoms with Crippen LogP contribution in [0.25, 0.3) is 0 Å². The third-order valence-electron chi connectivity index (χ3n) is 1.86. The van der Waals surface area contributed by atoms with Gasteiger partial charge >= 0.3 is 0 Å². The van der Waals surface area contributed by atoms with E-state index < -0.39 is 0 Å². The molecule has 0 aromatic rings. The van der Waals surface area contributed by atoms with Gasteiger partial charge in [0, 0.05) is 25.9 Å². The first-order valence-corrected chi connectivity index (χ1v) is 4.51. The maximum absolute atomic E-state index is 10.8. The van der Waals surface area contributed by atoms with Gasteiger partial charge in [0.15, 0.2) is 0 Å². The Morgan fingerprint density at radius 1 is 1.15 bits per heavy atom. The molecule has 0 radical (unpaired) electrons. The van der Waals surface area contributed by atoms with Crippen LogP contribution in [-0.2, 0) is 9.59 Å². The van der Waals surface area contributed by atoms with Gasteiger partial charge in [-0.1, -0.05) is 6.92 Å². The van der Waals surface area contributed by atoms with E-state index >= 15 is 0 Å². The normalized spacial score (nSPS) is 14.5. The van der Waals surface area contributed by atoms with Crippen molar-refractivity contribution in [2.75, 3.05) is 0 Å². The van der Waals surface area contributed by atoms with Gasteiger partial charge in [0.05, 0.1) is 0 Å². The Kier molecular flexibility index (Phi) is 5.11. The molecule has 76 valence electrons. The Morgan fingerprint density at radius 3 is 1.92 bits per heavy atom. The zero-order chi connectivity index (χ0) is 10.4. The van der Waals surface area contributed by atoms with Crippen LogP contribution in [0.15, 0.2) is 0 Å². The Balaban J connectivity index is 4.06. The molecule has 0 aliphatic carbocycles. The van der Waals surface area contributed by atoms with Crippen molar-refractivity contribution in [3.05, 3.63) is 0 Å². The van der Waals surface area contributed by atoms with E-state index in [1.54, 1.807) is 0 Å². The minimum absolute atomic E-state index is 0.0152. The zero-order valence-corrected chi connectivity index (χ0v) is 8.68. The minimum atomic E-state index is -0.0729. The van der Waals surface area contributed by atoms with Gasteiger partial charge in [-0.3, -0.25) is 9.59 Å². The van der Waals surface area contributed by atoms with Crippen molar-refractivity contribution in [2.24, 2.45) is 0 Å². The SMILES string of the molecule is CC[C@H](NC(C)=O)[C@H](C)NC(C)=O. The topological polar surface area (TPSA) is 58.2 Å². The number of amides is 2. The van der Waals surface area contributed by atoms with Crippen molar-refractivity contribution in [1.29, 1.82) is 0 Å². The molecule has 0 unspecified atom stereocenters. The number of carbonyl (C=O) groups is 2. The van der Waals surface area contributed by atoms with Crippen LogP contribution in [0, 0.1) is 0 Å². The van der Waals surface area contributed by atoms with Gasteiger partial charge in [-0.2, -0.15) is 0 Å². The Hall–Kier alpha value is -1.06. The highest BCUT2D eigenvalue weighted by molar-refractivity contribution is 5.74. The summed E-state index contributed by atoms with van der Waals surface area (Å²) in [6, 6.07) is -0.00667. The van der Waals surface area contributed by atoms with E-state index in [1.165, 1.54) is 13.8 Å². The van der Waals surface area contributed by atoms with Gasteiger partial charge in [-0.15, -0.1) is 0 Å². The summed E-state index contributed by atoms with van der Waals surface area (Å²) in [5, 5.41) is 5.53. The van der Waals surface area contributed by atoms with E-state index in [0.717, 1.165) is 6.42 Å². The molecule has 0 heterocycles. The molecule has 13 heavy (non-hydrogen) atoms. The van der Waals surface area contributed by atoms with Crippen molar-refractivity contribution in [3.63, 3.8) is 0 Å². The van der Waals surface area contributed by atoms with Crippen LogP contribution in [0.3, 0.4) is 0 Å². The lowest BCUT2D eigenvalue weighted by atomic mass is 10.1. The van der Waals surface area contributed by atoms with Crippen LogP contribution in [0.4, 0.5) is 0 Å². The highest BCUT2D eigenvalue weighted by Crippen LogP contribution is 1.97. The molecule has 0 aliphatic heterocycles. The van der Waals surface area contributed by atoms with E-state index in [-0.39, 0.29) is 23.9 Å². The molecule has 0 saturated heterocycles. The van der Waals surface area contributed by atoms with Gasteiger partial charge in [0.25, 0.3) is 0 Å². The predicted molar refractivity (Wildman–Crippen MR) is 51.2 cm³/mol. The molecule has 0 rings (SSSR count). The van der Waals surface area contributed by atoms with Crippen molar-refractivity contribution in [2.45, 2.75) is 46.2 Å². The van der Waals surface area contributed by atoms with Gasteiger partial charge in [0.2, 0.25) is 11.8 Å². The lowest BCUT2D eigenvalue weighted by molar-refractivity contribution is -0.122. The third-order valence-corrected chi connectivity index (χ3v) is 1.86. The summed E-state index contributed by atoms with van der Waals surface area (Å²) in [7, 11) is 0. The number of nitrogens with one attached hydrogen (secondary N) is 2. The summed E-state index contributed by atoms with van der Waals surface area (Å²) in [5.41, 5.74) is 0. The Labute approximate surface area is 79.1 Å². The molecule has 0 aliphatic rings. The summed E-state index contributed by atoms with van der Waals surface area (Å²) >= 11 is 0. The second kappa shape index (κ2) is 5.56. The molecule has 0 aromatic carbocycles. The van der Waals surface area contributed by atoms with Crippen LogP contribution in [-0.4, -0.2) is 23.9 Å². The van der Waals surface area contributed by atoms with Crippen LogP contribution in [0.2, 0.25) is 0 Å². The fourth-order valence-corrected chi connectivity index (χ4v) is 1.26. The molecular formula is C9H18N2O2. The highest BCUT2D eigenvalue weighted by atomic mass is 16.2. The predicted octanol–water partition coefficient (Wildman–Crippen LogP) is 0.426. The van der Waals surface area contributed by atoms with Gasteiger partial charge in [-0.25, -0.2) is 0 Å². The minimum Gasteiger partial charge on any atom is -0.352 e. The monoisotopic (exact) mass is 186 g/mol. The van der Waals surface area contributed by atoms with Gasteiger partial charge in [-0.05, 0) is 13.3 Å². The first kappa shape index (κ1) is 11.9. The number of hydrogen-bond acceptors (Lipinski definition) is 2. The summed E-state index contributed by atoms with van der Waals surface area (Å²) in [4.78, 5) is 21.5. The maximum Gasteiger partial charge on any atom is 0.217 e. The summed E-state index contributed by atoms with van der Waals surface area (Å²) < 4.78 is 0. The fourth-order valence-electron chi connectivity index (χ4n) is 1.26. The standard InChI is InChI=1S/C9H18N2O2/c1-5-9(11-8(4)13)6(2)10-7(3)12/h6,9H,5H2,1-4H3,(H,10,12)(H,11,13)/t6-,9-/m0/s1. The highest BCUT2D eigenvalue weighted by Gasteiger charge is 2.16. The van der Waals surface area contributed by atoms with Gasteiger partial charge < -0.3 is 10.6 Å². The van der Waals surface area contributed by atoms with E-state index in [2.05, 4.69) is 10.6 Å². The molecule has 0 aromatic heterocycles. The van der Waals surface area contributed by atoms with E-state index in [9.17, 15) is 9.59 Å². The van der Waals surface area contributed by atoms with E-state index in [4.69, 9.17) is 0 Å². The molecular weight excluding hydrogens is 168 g/mol. The third kappa shape index (κ3) is 5.22. The van der Waals surface area contributed by atoms with Crippen molar-refractivity contribution < 1.29 is 9.59 Å². The molecule has 0 saturated carbocycles. The second-order valence-electron chi connectivity index (χ2n) is 3.20. The van der Waals surface area contributed by atoms with Crippen LogP contribution in [0.5, 0.6) is 0 Å². The zero-order valence-electron chi connectivity index (χ0n) is 8.68. The summed E-state index contributed by atoms with van der Waals surface area (Å²) in [6.45, 7) is 6.80. The van der Waals surface area contributed by atoms with E-state index in [0.29, 0.717) is 0 Å². The van der Waals surface area contributed by atoms with Crippen LogP contribution < -0.4 is 10.6 Å². The van der Waals surface area contributed by atoms with Crippen LogP contribution in [0.1, 0.15) is 34.1 Å². The first-order chi connectivity index (χ1) is 5.97. The van der Waals surface area contributed by atoms with E-state index in [1.807, 2.05) is 13.8 Å². The van der Waals surface area contributed by atoms with Crippen molar-refractivity contribution in [1.82, 2.24) is 10.6 Å². The molecule has 0 fully saturated rings. The van der Waals surface area contributed by atoms with Crippen molar-refractivity contribution >= 4 is 11.8 Å². The Morgan fingerprint density at radius 2 is 1.62 bits per heavy atom. The van der Waals surface area contributed by atoms with Gasteiger partial charge in [0.1, 0.15) is 0 Å². The molecule has 2 N–H and O–H groups in total. The average molecular weight is 186 g/mol. The average Bonchev–Trinajstić information content (AvgIpc) is 1.98. The molecule has 4 heteroatoms. The first-order valence-electron chi connectivity index (χ1n) is 4.51. The second-order valence-corrected chi connectivity index (χ2v) is 3.20. The molecule has 0 bridgehead atoms. The Bertz CT molecular complexity index is 192. The number of carbonyl (C=O) groups excluding carboxylic acids is 2. The maximum atomic E-state index is 10.8. The smallest absolute Gasteiger partial charge is 0.217 e. The quantitative estimate of drug-likeness (QED) is 0.668. The summed E-state index contributed by atoms with van der Waals surface area (Å²) in [5.74, 6) is -0.139. The lowest BCUT2D eigenvalue weighted by Crippen LogP contribution is -2.48. The lowest BCUT2D eigenvalue weighted by Gasteiger charge is -2.23. The molecule has 4 nitrogen and oxygen atoms in total. The van der Waals surface area contributed by atoms with Crippen LogP contribution >= 0.6 is 0 Å². The number of rotatable bonds is 4. The number of hydrogen-bond donors (Lipinski definition) is 2.